The molecule has 0 amide bonds. The van der Waals surface area contributed by atoms with Gasteiger partial charge in [0.2, 0.25) is 0 Å². The number of ether oxygens (including phenoxy) is 1. The quantitative estimate of drug-likeness (QED) is 0.647. The Morgan fingerprint density at radius 3 is 3.25 bits per heavy atom. The maximum atomic E-state index is 5.11. The number of hydrogen-bond donors (Lipinski definition) is 2. The van der Waals surface area contributed by atoms with Gasteiger partial charge in [0.15, 0.2) is 0 Å². The lowest BCUT2D eigenvalue weighted by Crippen LogP contribution is -2.19. The lowest BCUT2D eigenvalue weighted by Gasteiger charge is -2.18. The zero-order chi connectivity index (χ0) is 8.39. The van der Waals surface area contributed by atoms with E-state index >= 15 is 0 Å². The molecule has 0 atom stereocenters. The van der Waals surface area contributed by atoms with E-state index in [0.29, 0.717) is 0 Å². The number of hydrogen-bond acceptors (Lipinski definition) is 4. The zero-order valence-corrected chi connectivity index (χ0v) is 7.57. The Kier molecular flexibility index (Phi) is 2.10. The second kappa shape index (κ2) is 3.25. The molecule has 64 valence electrons. The Morgan fingerprint density at radius 1 is 1.50 bits per heavy atom. The fraction of sp³-hybridized carbons (Fsp3) is 0.250. The number of nitrogens with one attached hydrogen (secondary N) is 2. The van der Waals surface area contributed by atoms with Gasteiger partial charge in [-0.05, 0) is 30.1 Å². The summed E-state index contributed by atoms with van der Waals surface area (Å²) in [5, 5.41) is 3.23. The summed E-state index contributed by atoms with van der Waals surface area (Å²) in [5.41, 5.74) is 1.17. The van der Waals surface area contributed by atoms with Crippen LogP contribution < -0.4 is 14.8 Å². The molecule has 0 aliphatic carbocycles. The highest BCUT2D eigenvalue weighted by Crippen LogP contribution is 2.31. The lowest BCUT2D eigenvalue weighted by molar-refractivity contribution is 0.413. The van der Waals surface area contributed by atoms with Crippen LogP contribution in [0.1, 0.15) is 0 Å². The van der Waals surface area contributed by atoms with Crippen molar-refractivity contribution in [3.63, 3.8) is 0 Å². The van der Waals surface area contributed by atoms with Crippen molar-refractivity contribution in [2.24, 2.45) is 0 Å². The molecular weight excluding hydrogens is 172 g/mol. The third kappa shape index (κ3) is 1.35. The Labute approximate surface area is 75.6 Å². The van der Waals surface area contributed by atoms with Gasteiger partial charge in [-0.25, -0.2) is 4.72 Å². The molecule has 1 aliphatic heterocycles. The molecule has 12 heavy (non-hydrogen) atoms. The van der Waals surface area contributed by atoms with E-state index in [9.17, 15) is 0 Å². The smallest absolute Gasteiger partial charge is 0.120 e. The average molecular weight is 182 g/mol. The van der Waals surface area contributed by atoms with E-state index in [-0.39, 0.29) is 0 Å². The number of fused-ring (bicyclic) bond motifs is 1. The Balaban J connectivity index is 2.36. The highest BCUT2D eigenvalue weighted by molar-refractivity contribution is 7.97. The van der Waals surface area contributed by atoms with Gasteiger partial charge < -0.3 is 10.1 Å². The van der Waals surface area contributed by atoms with Crippen LogP contribution in [0, 0.1) is 0 Å². The highest BCUT2D eigenvalue weighted by atomic mass is 32.2. The van der Waals surface area contributed by atoms with Crippen molar-refractivity contribution in [2.45, 2.75) is 4.90 Å². The molecule has 1 aromatic carbocycles. The molecule has 1 aromatic rings. The molecule has 2 N–H and O–H groups in total. The minimum absolute atomic E-state index is 0.810. The van der Waals surface area contributed by atoms with Crippen molar-refractivity contribution in [3.8, 4) is 5.75 Å². The van der Waals surface area contributed by atoms with E-state index in [4.69, 9.17) is 4.74 Å². The molecule has 0 saturated carbocycles. The summed E-state index contributed by atoms with van der Waals surface area (Å²) in [6.07, 6.45) is 0. The van der Waals surface area contributed by atoms with E-state index in [1.807, 2.05) is 18.2 Å². The molecule has 1 heterocycles. The second-order valence-corrected chi connectivity index (χ2v) is 3.39. The molecule has 0 saturated heterocycles. The second-order valence-electron chi connectivity index (χ2n) is 2.46. The number of rotatable bonds is 1. The van der Waals surface area contributed by atoms with E-state index in [0.717, 1.165) is 12.4 Å². The van der Waals surface area contributed by atoms with Crippen molar-refractivity contribution in [1.29, 1.82) is 0 Å². The Morgan fingerprint density at radius 2 is 2.42 bits per heavy atom. The molecule has 0 aromatic heterocycles. The normalized spacial score (nSPS) is 14.8. The summed E-state index contributed by atoms with van der Waals surface area (Å²) in [5.74, 6) is 0.895. The van der Waals surface area contributed by atoms with Crippen molar-refractivity contribution in [3.05, 3.63) is 18.2 Å². The first-order chi connectivity index (χ1) is 5.90. The monoisotopic (exact) mass is 182 g/mol. The maximum absolute atomic E-state index is 5.11. The number of anilines is 1. The summed E-state index contributed by atoms with van der Waals surface area (Å²) in [4.78, 5) is 1.18. The molecule has 0 fully saturated rings. The summed E-state index contributed by atoms with van der Waals surface area (Å²) in [6, 6.07) is 6.00. The lowest BCUT2D eigenvalue weighted by atomic mass is 10.3. The van der Waals surface area contributed by atoms with Crippen LogP contribution in [-0.4, -0.2) is 13.8 Å². The first kappa shape index (κ1) is 7.76. The van der Waals surface area contributed by atoms with Gasteiger partial charge in [0.1, 0.15) is 5.75 Å². The van der Waals surface area contributed by atoms with Gasteiger partial charge in [-0.1, -0.05) is 0 Å². The van der Waals surface area contributed by atoms with Gasteiger partial charge in [0.25, 0.3) is 0 Å². The van der Waals surface area contributed by atoms with Gasteiger partial charge in [0.05, 0.1) is 19.5 Å². The van der Waals surface area contributed by atoms with Crippen molar-refractivity contribution in [2.75, 3.05) is 19.1 Å². The number of benzene rings is 1. The fourth-order valence-corrected chi connectivity index (χ4v) is 1.83. The van der Waals surface area contributed by atoms with Crippen LogP contribution in [0.5, 0.6) is 5.75 Å². The largest absolute Gasteiger partial charge is 0.497 e. The highest BCUT2D eigenvalue weighted by Gasteiger charge is 2.08. The Hall–Kier alpha value is -0.870. The topological polar surface area (TPSA) is 33.3 Å². The maximum Gasteiger partial charge on any atom is 0.120 e. The van der Waals surface area contributed by atoms with Crippen molar-refractivity contribution < 1.29 is 4.74 Å². The first-order valence-electron chi connectivity index (χ1n) is 3.72. The van der Waals surface area contributed by atoms with Crippen LogP contribution in [0.4, 0.5) is 5.69 Å². The molecule has 1 aliphatic rings. The predicted molar refractivity (Wildman–Crippen MR) is 50.5 cm³/mol. The van der Waals surface area contributed by atoms with Gasteiger partial charge in [-0.3, -0.25) is 0 Å². The van der Waals surface area contributed by atoms with Crippen molar-refractivity contribution in [1.82, 2.24) is 4.72 Å². The first-order valence-corrected chi connectivity index (χ1v) is 4.53. The molecule has 0 bridgehead atoms. The summed E-state index contributed by atoms with van der Waals surface area (Å²) < 4.78 is 8.25. The van der Waals surface area contributed by atoms with Crippen LogP contribution in [0.15, 0.2) is 23.1 Å². The SMILES string of the molecule is COc1ccc2c(c1)SNCN2. The van der Waals surface area contributed by atoms with E-state index in [1.165, 1.54) is 10.6 Å². The third-order valence-corrected chi connectivity index (χ3v) is 2.57. The van der Waals surface area contributed by atoms with Crippen molar-refractivity contribution >= 4 is 17.6 Å². The standard InChI is InChI=1S/C8H10N2OS/c1-11-6-2-3-7-8(4-6)12-10-5-9-7/h2-4,9-10H,5H2,1H3. The molecular formula is C8H10N2OS. The molecule has 4 heteroatoms. The van der Waals surface area contributed by atoms with Crippen LogP contribution >= 0.6 is 11.9 Å². The average Bonchev–Trinajstić information content (AvgIpc) is 2.17. The van der Waals surface area contributed by atoms with Crippen LogP contribution in [-0.2, 0) is 0 Å². The summed E-state index contributed by atoms with van der Waals surface area (Å²) in [7, 11) is 1.68. The minimum Gasteiger partial charge on any atom is -0.497 e. The fourth-order valence-electron chi connectivity index (χ4n) is 1.11. The summed E-state index contributed by atoms with van der Waals surface area (Å²) >= 11 is 1.63. The molecule has 2 rings (SSSR count). The minimum atomic E-state index is 0.810. The predicted octanol–water partition coefficient (Wildman–Crippen LogP) is 1.67. The molecule has 3 nitrogen and oxygen atoms in total. The number of methoxy groups -OCH3 is 1. The van der Waals surface area contributed by atoms with E-state index < -0.39 is 0 Å². The molecule has 0 radical (unpaired) electrons. The summed E-state index contributed by atoms with van der Waals surface area (Å²) in [6.45, 7) is 0.810. The zero-order valence-electron chi connectivity index (χ0n) is 6.76. The van der Waals surface area contributed by atoms with E-state index in [2.05, 4.69) is 10.0 Å². The molecule has 0 spiro atoms. The van der Waals surface area contributed by atoms with Crippen LogP contribution in [0.3, 0.4) is 0 Å². The van der Waals surface area contributed by atoms with Crippen LogP contribution in [0.2, 0.25) is 0 Å². The van der Waals surface area contributed by atoms with Gasteiger partial charge in [0, 0.05) is 4.90 Å². The van der Waals surface area contributed by atoms with Gasteiger partial charge >= 0.3 is 0 Å². The van der Waals surface area contributed by atoms with Crippen LogP contribution in [0.25, 0.3) is 0 Å². The Bertz CT molecular complexity index is 290. The van der Waals surface area contributed by atoms with Gasteiger partial charge in [-0.15, -0.1) is 0 Å². The van der Waals surface area contributed by atoms with E-state index in [1.54, 1.807) is 19.1 Å². The third-order valence-electron chi connectivity index (χ3n) is 1.72. The molecule has 0 unspecified atom stereocenters. The van der Waals surface area contributed by atoms with Gasteiger partial charge in [-0.2, -0.15) is 0 Å².